The van der Waals surface area contributed by atoms with Gasteiger partial charge in [-0.05, 0) is 107 Å². The third-order valence-electron chi connectivity index (χ3n) is 12.0. The summed E-state index contributed by atoms with van der Waals surface area (Å²) in [6.45, 7) is 1.31. The Kier molecular flexibility index (Phi) is 10.5. The molecule has 0 saturated carbocycles. The van der Waals surface area contributed by atoms with Crippen LogP contribution in [0.3, 0.4) is 0 Å². The number of rotatable bonds is 7. The summed E-state index contributed by atoms with van der Waals surface area (Å²) in [5.41, 5.74) is 21.9. The topological polar surface area (TPSA) is 61.3 Å². The van der Waals surface area contributed by atoms with Gasteiger partial charge in [-0.1, -0.05) is 152 Å². The van der Waals surface area contributed by atoms with E-state index in [0.717, 1.165) is 52.4 Å². The van der Waals surface area contributed by atoms with Gasteiger partial charge in [-0.2, -0.15) is 0 Å². The van der Waals surface area contributed by atoms with Crippen molar-refractivity contribution in [2.24, 2.45) is 5.73 Å². The summed E-state index contributed by atoms with van der Waals surface area (Å²) in [5.74, 6) is 0. The maximum atomic E-state index is 9.49. The van der Waals surface area contributed by atoms with Crippen molar-refractivity contribution >= 4 is 61.5 Å². The van der Waals surface area contributed by atoms with Gasteiger partial charge in [-0.3, -0.25) is 0 Å². The summed E-state index contributed by atoms with van der Waals surface area (Å²) in [6, 6.07) is 60.0. The zero-order valence-corrected chi connectivity index (χ0v) is 34.5. The molecule has 1 aromatic heterocycles. The lowest BCUT2D eigenvalue weighted by Crippen LogP contribution is -2.22. The average Bonchev–Trinajstić information content (AvgIpc) is 3.73. The van der Waals surface area contributed by atoms with Gasteiger partial charge >= 0.3 is 0 Å². The standard InChI is InChI=1S/C57H47N5/c58-52(42-18-6-3-7-19-42)40-53(59)46-36-48(60-34-16-2-1-5-20-43-21-10-13-27-54(43)60)39-49(37-46)61-35-17-23-41(30-31-44-22-11-14-28-55(44)61)45-32-33-57-51(38-45)50-26-12-15-29-56(50)62(57)47-24-8-4-9-25-47/h1-19,21-30,32-33,36-40,59H,20,31,34-35,58H2/b5-1-,16-2-,23-17-,41-30+,52-40-,59-53?. The Morgan fingerprint density at radius 2 is 1.13 bits per heavy atom. The normalized spacial score (nSPS) is 16.6. The van der Waals surface area contributed by atoms with E-state index in [-0.39, 0.29) is 0 Å². The van der Waals surface area contributed by atoms with E-state index >= 15 is 0 Å². The zero-order chi connectivity index (χ0) is 41.8. The van der Waals surface area contributed by atoms with Crippen LogP contribution in [0.1, 0.15) is 27.8 Å². The Morgan fingerprint density at radius 3 is 1.89 bits per heavy atom. The van der Waals surface area contributed by atoms with E-state index in [4.69, 9.17) is 5.73 Å². The van der Waals surface area contributed by atoms with Crippen LogP contribution in [0.4, 0.5) is 22.7 Å². The second-order valence-corrected chi connectivity index (χ2v) is 15.8. The molecule has 300 valence electrons. The van der Waals surface area contributed by atoms with E-state index in [9.17, 15) is 5.41 Å². The van der Waals surface area contributed by atoms with Crippen LogP contribution in [0.5, 0.6) is 0 Å². The Hall–Kier alpha value is -7.89. The molecule has 0 bridgehead atoms. The molecule has 3 N–H and O–H groups in total. The van der Waals surface area contributed by atoms with Crippen molar-refractivity contribution in [3.63, 3.8) is 0 Å². The average molecular weight is 802 g/mol. The highest BCUT2D eigenvalue weighted by Gasteiger charge is 2.21. The van der Waals surface area contributed by atoms with Gasteiger partial charge in [-0.25, -0.2) is 0 Å². The first-order chi connectivity index (χ1) is 30.6. The quantitative estimate of drug-likeness (QED) is 0.158. The number of nitrogens with two attached hydrogens (primary N) is 1. The number of aromatic nitrogens is 1. The SMILES string of the molecule is N=C(/C=C(\N)c1ccccc1)c1cc(N2C/C=C\C=C/Cc3ccccc32)cc(N2C/C=C\C(c3ccc4c(c3)c3ccccc3n4-c3ccccc3)=C/Cc3ccccc32)c1. The smallest absolute Gasteiger partial charge is 0.0634 e. The summed E-state index contributed by atoms with van der Waals surface area (Å²) in [7, 11) is 0. The van der Waals surface area contributed by atoms with Crippen LogP contribution < -0.4 is 15.5 Å². The van der Waals surface area contributed by atoms with Crippen LogP contribution in [0.25, 0.3) is 38.8 Å². The largest absolute Gasteiger partial charge is 0.398 e. The number of allylic oxidation sites excluding steroid dienone is 7. The molecule has 3 heterocycles. The maximum absolute atomic E-state index is 9.49. The number of fused-ring (bicyclic) bond motifs is 5. The van der Waals surface area contributed by atoms with E-state index in [1.165, 1.54) is 44.1 Å². The molecule has 0 unspecified atom stereocenters. The van der Waals surface area contributed by atoms with Crippen molar-refractivity contribution in [1.29, 1.82) is 5.41 Å². The summed E-state index contributed by atoms with van der Waals surface area (Å²) in [4.78, 5) is 4.76. The highest BCUT2D eigenvalue weighted by molar-refractivity contribution is 6.12. The minimum absolute atomic E-state index is 0.352. The lowest BCUT2D eigenvalue weighted by atomic mass is 9.99. The molecule has 0 aliphatic carbocycles. The van der Waals surface area contributed by atoms with Crippen molar-refractivity contribution < 1.29 is 0 Å². The molecule has 0 amide bonds. The number of nitrogens with one attached hydrogen (secondary N) is 1. The second-order valence-electron chi connectivity index (χ2n) is 15.8. The van der Waals surface area contributed by atoms with Gasteiger partial charge in [0.1, 0.15) is 0 Å². The highest BCUT2D eigenvalue weighted by Crippen LogP contribution is 2.39. The van der Waals surface area contributed by atoms with Crippen LogP contribution in [0.2, 0.25) is 0 Å². The fourth-order valence-electron chi connectivity index (χ4n) is 8.91. The Labute approximate surface area is 363 Å². The van der Waals surface area contributed by atoms with E-state index in [2.05, 4.69) is 196 Å². The molecule has 8 aromatic rings. The first-order valence-corrected chi connectivity index (χ1v) is 21.3. The summed E-state index contributed by atoms with van der Waals surface area (Å²) >= 11 is 0. The first kappa shape index (κ1) is 38.3. The van der Waals surface area contributed by atoms with Gasteiger partial charge in [0.05, 0.1) is 16.7 Å². The lowest BCUT2D eigenvalue weighted by Gasteiger charge is -2.30. The van der Waals surface area contributed by atoms with Crippen molar-refractivity contribution in [3.05, 3.63) is 246 Å². The molecule has 0 fully saturated rings. The van der Waals surface area contributed by atoms with Crippen LogP contribution in [0, 0.1) is 5.41 Å². The van der Waals surface area contributed by atoms with E-state index in [1.807, 2.05) is 30.3 Å². The van der Waals surface area contributed by atoms with Gasteiger partial charge in [-0.15, -0.1) is 0 Å². The minimum atomic E-state index is 0.352. The lowest BCUT2D eigenvalue weighted by molar-refractivity contribution is 1.05. The number of para-hydroxylation sites is 4. The fourth-order valence-corrected chi connectivity index (χ4v) is 8.91. The molecule has 0 spiro atoms. The molecule has 0 atom stereocenters. The number of benzene rings is 7. The molecule has 10 rings (SSSR count). The first-order valence-electron chi connectivity index (χ1n) is 21.3. The van der Waals surface area contributed by atoms with E-state index in [0.29, 0.717) is 24.5 Å². The third-order valence-corrected chi connectivity index (χ3v) is 12.0. The zero-order valence-electron chi connectivity index (χ0n) is 34.5. The van der Waals surface area contributed by atoms with Crippen molar-refractivity contribution in [2.75, 3.05) is 22.9 Å². The van der Waals surface area contributed by atoms with Crippen LogP contribution >= 0.6 is 0 Å². The molecular formula is C57H47N5. The molecule has 2 aliphatic heterocycles. The molecule has 0 radical (unpaired) electrons. The molecule has 2 aliphatic rings. The number of nitrogens with zero attached hydrogens (tertiary/aromatic N) is 3. The molecule has 7 aromatic carbocycles. The van der Waals surface area contributed by atoms with Gasteiger partial charge in [0.2, 0.25) is 0 Å². The second kappa shape index (κ2) is 17.0. The predicted molar refractivity (Wildman–Crippen MR) is 262 cm³/mol. The van der Waals surface area contributed by atoms with Crippen molar-refractivity contribution in [1.82, 2.24) is 4.57 Å². The van der Waals surface area contributed by atoms with Gasteiger partial charge in [0.25, 0.3) is 0 Å². The Bertz CT molecular complexity index is 3110. The van der Waals surface area contributed by atoms with Crippen LogP contribution in [-0.4, -0.2) is 23.4 Å². The van der Waals surface area contributed by atoms with E-state index < -0.39 is 0 Å². The van der Waals surface area contributed by atoms with Gasteiger partial charge in [0.15, 0.2) is 0 Å². The molecule has 62 heavy (non-hydrogen) atoms. The third kappa shape index (κ3) is 7.57. The molecule has 0 saturated heterocycles. The van der Waals surface area contributed by atoms with Crippen LogP contribution in [-0.2, 0) is 12.8 Å². The van der Waals surface area contributed by atoms with Gasteiger partial charge < -0.3 is 25.5 Å². The number of hydrogen-bond donors (Lipinski definition) is 2. The number of anilines is 4. The van der Waals surface area contributed by atoms with Crippen molar-refractivity contribution in [2.45, 2.75) is 12.8 Å². The van der Waals surface area contributed by atoms with Crippen molar-refractivity contribution in [3.8, 4) is 5.69 Å². The molecule has 5 nitrogen and oxygen atoms in total. The number of hydrogen-bond acceptors (Lipinski definition) is 4. The van der Waals surface area contributed by atoms with E-state index in [1.54, 1.807) is 6.08 Å². The summed E-state index contributed by atoms with van der Waals surface area (Å²) < 4.78 is 2.37. The maximum Gasteiger partial charge on any atom is 0.0634 e. The molecular weight excluding hydrogens is 755 g/mol. The minimum Gasteiger partial charge on any atom is -0.398 e. The predicted octanol–water partition coefficient (Wildman–Crippen LogP) is 13.3. The van der Waals surface area contributed by atoms with Crippen LogP contribution in [0.15, 0.2) is 218 Å². The Balaban J connectivity index is 1.07. The monoisotopic (exact) mass is 801 g/mol. The van der Waals surface area contributed by atoms with Gasteiger partial charge in [0, 0.05) is 63.6 Å². The Morgan fingerprint density at radius 1 is 0.516 bits per heavy atom. The summed E-state index contributed by atoms with van der Waals surface area (Å²) in [6.07, 6.45) is 19.0. The molecule has 5 heteroatoms. The summed E-state index contributed by atoms with van der Waals surface area (Å²) in [5, 5.41) is 12.0. The fraction of sp³-hybridized carbons (Fsp3) is 0.0702. The highest BCUT2D eigenvalue weighted by atomic mass is 15.2.